The highest BCUT2D eigenvalue weighted by molar-refractivity contribution is 9.10. The van der Waals surface area contributed by atoms with Crippen molar-refractivity contribution in [3.05, 3.63) is 52.5 Å². The second-order valence-electron chi connectivity index (χ2n) is 3.31. The first-order chi connectivity index (χ1) is 7.16. The third-order valence-electron chi connectivity index (χ3n) is 2.15. The summed E-state index contributed by atoms with van der Waals surface area (Å²) in [4.78, 5) is 4.12. The van der Waals surface area contributed by atoms with Crippen molar-refractivity contribution in [2.24, 2.45) is 0 Å². The summed E-state index contributed by atoms with van der Waals surface area (Å²) in [6, 6.07) is 8.86. The van der Waals surface area contributed by atoms with Crippen LogP contribution in [-0.4, -0.2) is 4.98 Å². The van der Waals surface area contributed by atoms with Crippen LogP contribution in [0.25, 0.3) is 11.1 Å². The number of hydrogen-bond donors (Lipinski definition) is 0. The summed E-state index contributed by atoms with van der Waals surface area (Å²) >= 11 is 3.17. The van der Waals surface area contributed by atoms with E-state index in [4.69, 9.17) is 0 Å². The quantitative estimate of drug-likeness (QED) is 0.761. The van der Waals surface area contributed by atoms with Gasteiger partial charge in [0.25, 0.3) is 0 Å². The van der Waals surface area contributed by atoms with E-state index >= 15 is 0 Å². The molecule has 0 aliphatic heterocycles. The maximum atomic E-state index is 13.0. The minimum absolute atomic E-state index is 0.246. The Labute approximate surface area is 96.1 Å². The number of aromatic nitrogens is 1. The highest BCUT2D eigenvalue weighted by Crippen LogP contribution is 2.25. The van der Waals surface area contributed by atoms with Crippen LogP contribution in [0.1, 0.15) is 5.69 Å². The molecule has 0 amide bonds. The van der Waals surface area contributed by atoms with Gasteiger partial charge in [-0.15, -0.1) is 0 Å². The molecule has 0 radical (unpaired) electrons. The van der Waals surface area contributed by atoms with Gasteiger partial charge in [-0.2, -0.15) is 0 Å². The van der Waals surface area contributed by atoms with Gasteiger partial charge in [0.1, 0.15) is 5.82 Å². The SMILES string of the molecule is Cc1cc(-c2ccc(F)c(Br)c2)ccn1. The largest absolute Gasteiger partial charge is 0.262 e. The van der Waals surface area contributed by atoms with E-state index in [1.54, 1.807) is 18.3 Å². The maximum Gasteiger partial charge on any atom is 0.137 e. The molecule has 76 valence electrons. The first-order valence-electron chi connectivity index (χ1n) is 4.55. The Hall–Kier alpha value is -1.22. The molecule has 0 spiro atoms. The van der Waals surface area contributed by atoms with E-state index in [0.29, 0.717) is 4.47 Å². The topological polar surface area (TPSA) is 12.9 Å². The van der Waals surface area contributed by atoms with Gasteiger partial charge >= 0.3 is 0 Å². The summed E-state index contributed by atoms with van der Waals surface area (Å²) in [6.07, 6.45) is 1.75. The zero-order valence-corrected chi connectivity index (χ0v) is 9.75. The van der Waals surface area contributed by atoms with Crippen LogP contribution >= 0.6 is 15.9 Å². The van der Waals surface area contributed by atoms with Gasteiger partial charge in [-0.1, -0.05) is 6.07 Å². The van der Waals surface area contributed by atoms with Gasteiger partial charge in [0.05, 0.1) is 4.47 Å². The van der Waals surface area contributed by atoms with Crippen molar-refractivity contribution in [2.75, 3.05) is 0 Å². The molecule has 0 unspecified atom stereocenters. The van der Waals surface area contributed by atoms with Crippen molar-refractivity contribution in [3.8, 4) is 11.1 Å². The summed E-state index contributed by atoms with van der Waals surface area (Å²) in [6.45, 7) is 1.93. The Morgan fingerprint density at radius 3 is 2.53 bits per heavy atom. The third kappa shape index (κ3) is 2.23. The van der Waals surface area contributed by atoms with Crippen molar-refractivity contribution in [1.82, 2.24) is 4.98 Å². The van der Waals surface area contributed by atoms with Gasteiger partial charge < -0.3 is 0 Å². The Balaban J connectivity index is 2.50. The first kappa shape index (κ1) is 10.3. The second-order valence-corrected chi connectivity index (χ2v) is 4.17. The molecule has 0 saturated carbocycles. The number of nitrogens with zero attached hydrogens (tertiary/aromatic N) is 1. The highest BCUT2D eigenvalue weighted by atomic mass is 79.9. The number of rotatable bonds is 1. The van der Waals surface area contributed by atoms with E-state index < -0.39 is 0 Å². The minimum Gasteiger partial charge on any atom is -0.262 e. The number of halogens is 2. The molecule has 0 aliphatic rings. The normalized spacial score (nSPS) is 10.3. The van der Waals surface area contributed by atoms with Gasteiger partial charge in [0.15, 0.2) is 0 Å². The molecule has 0 fully saturated rings. The summed E-state index contributed by atoms with van der Waals surface area (Å²) in [5.41, 5.74) is 2.98. The van der Waals surface area contributed by atoms with Crippen LogP contribution < -0.4 is 0 Å². The molecular formula is C12H9BrFN. The van der Waals surface area contributed by atoms with Gasteiger partial charge in [0.2, 0.25) is 0 Å². The van der Waals surface area contributed by atoms with E-state index in [2.05, 4.69) is 20.9 Å². The number of aryl methyl sites for hydroxylation is 1. The number of benzene rings is 1. The lowest BCUT2D eigenvalue weighted by molar-refractivity contribution is 0.621. The summed E-state index contributed by atoms with van der Waals surface area (Å²) < 4.78 is 13.5. The average molecular weight is 266 g/mol. The Morgan fingerprint density at radius 2 is 1.87 bits per heavy atom. The van der Waals surface area contributed by atoms with Gasteiger partial charge in [0, 0.05) is 11.9 Å². The molecule has 1 nitrogen and oxygen atoms in total. The molecule has 2 aromatic rings. The standard InChI is InChI=1S/C12H9BrFN/c1-8-6-10(4-5-15-8)9-2-3-12(14)11(13)7-9/h2-7H,1H3. The van der Waals surface area contributed by atoms with Crippen molar-refractivity contribution in [1.29, 1.82) is 0 Å². The summed E-state index contributed by atoms with van der Waals surface area (Å²) in [5, 5.41) is 0. The Bertz CT molecular complexity index is 497. The minimum atomic E-state index is -0.246. The fraction of sp³-hybridized carbons (Fsp3) is 0.0833. The molecule has 3 heteroatoms. The van der Waals surface area contributed by atoms with E-state index in [1.807, 2.05) is 19.1 Å². The lowest BCUT2D eigenvalue weighted by atomic mass is 10.1. The molecule has 1 heterocycles. The fourth-order valence-electron chi connectivity index (χ4n) is 1.40. The van der Waals surface area contributed by atoms with Crippen molar-refractivity contribution < 1.29 is 4.39 Å². The highest BCUT2D eigenvalue weighted by Gasteiger charge is 2.02. The Morgan fingerprint density at radius 1 is 1.13 bits per heavy atom. The molecule has 0 aliphatic carbocycles. The van der Waals surface area contributed by atoms with Crippen LogP contribution in [0.4, 0.5) is 4.39 Å². The lowest BCUT2D eigenvalue weighted by Crippen LogP contribution is -1.84. The fourth-order valence-corrected chi connectivity index (χ4v) is 1.78. The smallest absolute Gasteiger partial charge is 0.137 e. The molecule has 0 saturated heterocycles. The number of hydrogen-bond acceptors (Lipinski definition) is 1. The molecule has 2 rings (SSSR count). The van der Waals surface area contributed by atoms with E-state index in [-0.39, 0.29) is 5.82 Å². The summed E-state index contributed by atoms with van der Waals surface area (Å²) in [5.74, 6) is -0.246. The first-order valence-corrected chi connectivity index (χ1v) is 5.34. The van der Waals surface area contributed by atoms with Gasteiger partial charge in [-0.25, -0.2) is 4.39 Å². The van der Waals surface area contributed by atoms with Crippen LogP contribution in [-0.2, 0) is 0 Å². The molecule has 0 atom stereocenters. The van der Waals surface area contributed by atoms with Crippen LogP contribution in [0.5, 0.6) is 0 Å². The zero-order chi connectivity index (χ0) is 10.8. The van der Waals surface area contributed by atoms with Crippen LogP contribution in [0.2, 0.25) is 0 Å². The van der Waals surface area contributed by atoms with E-state index in [9.17, 15) is 4.39 Å². The monoisotopic (exact) mass is 265 g/mol. The predicted molar refractivity (Wildman–Crippen MR) is 62.1 cm³/mol. The average Bonchev–Trinajstić information content (AvgIpc) is 2.22. The van der Waals surface area contributed by atoms with Crippen LogP contribution in [0.15, 0.2) is 41.0 Å². The van der Waals surface area contributed by atoms with E-state index in [0.717, 1.165) is 16.8 Å². The molecule has 1 aromatic carbocycles. The van der Waals surface area contributed by atoms with Crippen LogP contribution in [0, 0.1) is 12.7 Å². The molecule has 15 heavy (non-hydrogen) atoms. The number of pyridine rings is 1. The van der Waals surface area contributed by atoms with E-state index in [1.165, 1.54) is 6.07 Å². The van der Waals surface area contributed by atoms with Crippen molar-refractivity contribution >= 4 is 15.9 Å². The van der Waals surface area contributed by atoms with Gasteiger partial charge in [-0.3, -0.25) is 4.98 Å². The van der Waals surface area contributed by atoms with Gasteiger partial charge in [-0.05, 0) is 58.2 Å². The lowest BCUT2D eigenvalue weighted by Gasteiger charge is -2.03. The zero-order valence-electron chi connectivity index (χ0n) is 8.17. The molecule has 1 aromatic heterocycles. The second kappa shape index (κ2) is 4.11. The molecule has 0 N–H and O–H groups in total. The predicted octanol–water partition coefficient (Wildman–Crippen LogP) is 3.96. The Kier molecular flexibility index (Phi) is 2.82. The molecule has 0 bridgehead atoms. The van der Waals surface area contributed by atoms with Crippen molar-refractivity contribution in [3.63, 3.8) is 0 Å². The van der Waals surface area contributed by atoms with Crippen LogP contribution in [0.3, 0.4) is 0 Å². The molecular weight excluding hydrogens is 257 g/mol. The maximum absolute atomic E-state index is 13.0. The summed E-state index contributed by atoms with van der Waals surface area (Å²) in [7, 11) is 0. The van der Waals surface area contributed by atoms with Crippen molar-refractivity contribution in [2.45, 2.75) is 6.92 Å². The third-order valence-corrected chi connectivity index (χ3v) is 2.76.